The summed E-state index contributed by atoms with van der Waals surface area (Å²) < 4.78 is 6.05. The second kappa shape index (κ2) is 7.44. The summed E-state index contributed by atoms with van der Waals surface area (Å²) in [6.45, 7) is 0. The summed E-state index contributed by atoms with van der Waals surface area (Å²) in [4.78, 5) is 14.5. The van der Waals surface area contributed by atoms with E-state index in [1.54, 1.807) is 11.8 Å². The third kappa shape index (κ3) is 3.43. The van der Waals surface area contributed by atoms with Crippen LogP contribution in [0.2, 0.25) is 5.02 Å². The number of nitrogens with zero attached hydrogens (tertiary/aromatic N) is 1. The van der Waals surface area contributed by atoms with Crippen LogP contribution in [0.5, 0.6) is 11.5 Å². The Bertz CT molecular complexity index is 915. The highest BCUT2D eigenvalue weighted by molar-refractivity contribution is 8.00. The van der Waals surface area contributed by atoms with Crippen molar-refractivity contribution in [1.82, 2.24) is 0 Å². The quantitative estimate of drug-likeness (QED) is 0.562. The van der Waals surface area contributed by atoms with Crippen molar-refractivity contribution in [2.24, 2.45) is 0 Å². The largest absolute Gasteiger partial charge is 0.455 e. The molecule has 3 nitrogen and oxygen atoms in total. The van der Waals surface area contributed by atoms with Gasteiger partial charge in [-0.3, -0.25) is 9.69 Å². The normalized spacial score (nSPS) is 16.7. The van der Waals surface area contributed by atoms with Crippen LogP contribution in [-0.4, -0.2) is 11.7 Å². The van der Waals surface area contributed by atoms with Gasteiger partial charge >= 0.3 is 0 Å². The summed E-state index contributed by atoms with van der Waals surface area (Å²) in [6.07, 6.45) is 0. The number of amides is 1. The molecule has 1 heterocycles. The van der Waals surface area contributed by atoms with E-state index < -0.39 is 0 Å². The first-order valence-corrected chi connectivity index (χ1v) is 9.66. The van der Waals surface area contributed by atoms with Gasteiger partial charge in [-0.2, -0.15) is 0 Å². The Balaban J connectivity index is 1.71. The van der Waals surface area contributed by atoms with Crippen molar-refractivity contribution >= 4 is 35.0 Å². The monoisotopic (exact) mass is 381 g/mol. The molecule has 0 spiro atoms. The molecule has 0 radical (unpaired) electrons. The van der Waals surface area contributed by atoms with Gasteiger partial charge in [0.15, 0.2) is 5.75 Å². The van der Waals surface area contributed by atoms with Gasteiger partial charge in [0, 0.05) is 5.02 Å². The number of carbonyl (C=O) groups excluding carboxylic acids is 1. The molecule has 5 heteroatoms. The number of hydrogen-bond donors (Lipinski definition) is 0. The fourth-order valence-corrected chi connectivity index (χ4v) is 4.21. The van der Waals surface area contributed by atoms with Gasteiger partial charge < -0.3 is 4.74 Å². The molecular weight excluding hydrogens is 366 g/mol. The topological polar surface area (TPSA) is 29.5 Å². The highest BCUT2D eigenvalue weighted by Crippen LogP contribution is 2.45. The summed E-state index contributed by atoms with van der Waals surface area (Å²) in [5, 5.41) is 0.586. The second-order valence-corrected chi connectivity index (χ2v) is 7.37. The van der Waals surface area contributed by atoms with Gasteiger partial charge in [-0.15, -0.1) is 11.8 Å². The molecule has 3 aromatic rings. The van der Waals surface area contributed by atoms with Crippen LogP contribution in [0.15, 0.2) is 78.9 Å². The molecule has 0 N–H and O–H groups in total. The predicted octanol–water partition coefficient (Wildman–Crippen LogP) is 5.91. The molecule has 1 aliphatic heterocycles. The average molecular weight is 382 g/mol. The van der Waals surface area contributed by atoms with Crippen LogP contribution in [0.3, 0.4) is 0 Å². The summed E-state index contributed by atoms with van der Waals surface area (Å²) in [5.41, 5.74) is 1.81. The first-order chi connectivity index (χ1) is 12.7. The lowest BCUT2D eigenvalue weighted by atomic mass is 10.2. The maximum atomic E-state index is 12.7. The Kier molecular flexibility index (Phi) is 4.87. The van der Waals surface area contributed by atoms with Crippen molar-refractivity contribution in [1.29, 1.82) is 0 Å². The Hall–Kier alpha value is -2.43. The summed E-state index contributed by atoms with van der Waals surface area (Å²) in [5.74, 6) is 1.90. The SMILES string of the molecule is O=C1CSC(c2ccc(Cl)cc2)N1c1ccccc1Oc1ccccc1. The number of thioether (sulfide) groups is 1. The van der Waals surface area contributed by atoms with Crippen molar-refractivity contribution in [2.75, 3.05) is 10.7 Å². The Morgan fingerprint density at radius 3 is 2.38 bits per heavy atom. The van der Waals surface area contributed by atoms with Crippen LogP contribution in [0.25, 0.3) is 0 Å². The minimum absolute atomic E-state index is 0.0686. The molecule has 1 atom stereocenters. The number of anilines is 1. The fourth-order valence-electron chi connectivity index (χ4n) is 2.92. The van der Waals surface area contributed by atoms with Crippen molar-refractivity contribution in [2.45, 2.75) is 5.37 Å². The van der Waals surface area contributed by atoms with E-state index >= 15 is 0 Å². The summed E-state index contributed by atoms with van der Waals surface area (Å²) in [7, 11) is 0. The fraction of sp³-hybridized carbons (Fsp3) is 0.0952. The van der Waals surface area contributed by atoms with E-state index in [-0.39, 0.29) is 11.3 Å². The van der Waals surface area contributed by atoms with E-state index in [0.717, 1.165) is 17.0 Å². The zero-order valence-electron chi connectivity index (χ0n) is 13.8. The van der Waals surface area contributed by atoms with E-state index in [1.807, 2.05) is 83.8 Å². The van der Waals surface area contributed by atoms with Gasteiger partial charge in [-0.1, -0.05) is 54.1 Å². The van der Waals surface area contributed by atoms with Crippen molar-refractivity contribution in [3.8, 4) is 11.5 Å². The molecule has 1 saturated heterocycles. The molecule has 1 aliphatic rings. The lowest BCUT2D eigenvalue weighted by Gasteiger charge is -2.26. The van der Waals surface area contributed by atoms with Crippen LogP contribution < -0.4 is 9.64 Å². The van der Waals surface area contributed by atoms with Crippen molar-refractivity contribution < 1.29 is 9.53 Å². The highest BCUT2D eigenvalue weighted by atomic mass is 35.5. The molecule has 26 heavy (non-hydrogen) atoms. The molecule has 0 aliphatic carbocycles. The van der Waals surface area contributed by atoms with Crippen molar-refractivity contribution in [3.05, 3.63) is 89.4 Å². The lowest BCUT2D eigenvalue weighted by molar-refractivity contribution is -0.115. The standard InChI is InChI=1S/C21H16ClNO2S/c22-16-12-10-15(11-13-16)21-23(20(24)14-26-21)18-8-4-5-9-19(18)25-17-6-2-1-3-7-17/h1-13,21H,14H2. The van der Waals surface area contributed by atoms with Crippen LogP contribution >= 0.6 is 23.4 Å². The Morgan fingerprint density at radius 1 is 0.923 bits per heavy atom. The maximum absolute atomic E-state index is 12.7. The molecule has 3 aromatic carbocycles. The third-order valence-electron chi connectivity index (χ3n) is 4.12. The minimum atomic E-state index is -0.0970. The van der Waals surface area contributed by atoms with Crippen LogP contribution in [0.4, 0.5) is 5.69 Å². The van der Waals surface area contributed by atoms with Crippen LogP contribution in [-0.2, 0) is 4.79 Å². The zero-order valence-corrected chi connectivity index (χ0v) is 15.4. The van der Waals surface area contributed by atoms with Crippen LogP contribution in [0, 0.1) is 0 Å². The molecule has 1 amide bonds. The number of para-hydroxylation sites is 3. The number of halogens is 1. The predicted molar refractivity (Wildman–Crippen MR) is 107 cm³/mol. The van der Waals surface area contributed by atoms with E-state index in [2.05, 4.69) is 0 Å². The first kappa shape index (κ1) is 17.0. The van der Waals surface area contributed by atoms with Gasteiger partial charge in [-0.05, 0) is 42.0 Å². The summed E-state index contributed by atoms with van der Waals surface area (Å²) >= 11 is 7.61. The number of carbonyl (C=O) groups is 1. The zero-order chi connectivity index (χ0) is 17.9. The van der Waals surface area contributed by atoms with E-state index in [9.17, 15) is 4.79 Å². The molecule has 0 aromatic heterocycles. The third-order valence-corrected chi connectivity index (χ3v) is 5.58. The number of benzene rings is 3. The molecule has 4 rings (SSSR count). The number of ether oxygens (including phenoxy) is 1. The highest BCUT2D eigenvalue weighted by Gasteiger charge is 2.35. The number of rotatable bonds is 4. The Morgan fingerprint density at radius 2 is 1.62 bits per heavy atom. The van der Waals surface area contributed by atoms with Crippen LogP contribution in [0.1, 0.15) is 10.9 Å². The summed E-state index contributed by atoms with van der Waals surface area (Å²) in [6, 6.07) is 24.8. The van der Waals surface area contributed by atoms with E-state index in [0.29, 0.717) is 16.5 Å². The van der Waals surface area contributed by atoms with E-state index in [4.69, 9.17) is 16.3 Å². The molecule has 130 valence electrons. The maximum Gasteiger partial charge on any atom is 0.238 e. The van der Waals surface area contributed by atoms with Gasteiger partial charge in [0.25, 0.3) is 0 Å². The molecule has 0 bridgehead atoms. The van der Waals surface area contributed by atoms with Crippen molar-refractivity contribution in [3.63, 3.8) is 0 Å². The van der Waals surface area contributed by atoms with Gasteiger partial charge in [0.1, 0.15) is 11.1 Å². The van der Waals surface area contributed by atoms with Gasteiger partial charge in [-0.25, -0.2) is 0 Å². The average Bonchev–Trinajstić information content (AvgIpc) is 3.05. The molecule has 0 saturated carbocycles. The lowest BCUT2D eigenvalue weighted by Crippen LogP contribution is -2.28. The molecule has 1 unspecified atom stereocenters. The minimum Gasteiger partial charge on any atom is -0.455 e. The Labute approximate surface area is 161 Å². The molecule has 1 fully saturated rings. The first-order valence-electron chi connectivity index (χ1n) is 8.23. The smallest absolute Gasteiger partial charge is 0.238 e. The second-order valence-electron chi connectivity index (χ2n) is 5.86. The van der Waals surface area contributed by atoms with Gasteiger partial charge in [0.05, 0.1) is 11.4 Å². The van der Waals surface area contributed by atoms with Gasteiger partial charge in [0.2, 0.25) is 5.91 Å². The molecular formula is C21H16ClNO2S. The van der Waals surface area contributed by atoms with E-state index in [1.165, 1.54) is 0 Å². The number of hydrogen-bond acceptors (Lipinski definition) is 3.